The van der Waals surface area contributed by atoms with Gasteiger partial charge in [0.15, 0.2) is 0 Å². The summed E-state index contributed by atoms with van der Waals surface area (Å²) >= 11 is 0. The quantitative estimate of drug-likeness (QED) is 0.790. The topological polar surface area (TPSA) is 89.5 Å². The smallest absolute Gasteiger partial charge is 0.253 e. The van der Waals surface area contributed by atoms with Gasteiger partial charge < -0.3 is 15.1 Å². The van der Waals surface area contributed by atoms with E-state index in [1.54, 1.807) is 23.2 Å². The summed E-state index contributed by atoms with van der Waals surface area (Å²) in [5, 5.41) is 26.2. The SMILES string of the molecule is O=C(c1ccc(-c2ccn[nH]2)cc1)N1CCC[C@](O)(CO)C1. The van der Waals surface area contributed by atoms with Gasteiger partial charge in [-0.1, -0.05) is 12.1 Å². The van der Waals surface area contributed by atoms with Gasteiger partial charge in [0.05, 0.1) is 18.8 Å². The number of aliphatic hydroxyl groups excluding tert-OH is 1. The van der Waals surface area contributed by atoms with Crippen molar-refractivity contribution >= 4 is 5.91 Å². The number of hydrogen-bond donors (Lipinski definition) is 3. The average Bonchev–Trinajstić information content (AvgIpc) is 3.09. The Hall–Kier alpha value is -2.18. The third kappa shape index (κ3) is 2.88. The number of β-amino-alcohol motifs (C(OH)–C–C–N with tert-alkyl or cyclic N) is 1. The number of carbonyl (C=O) groups is 1. The number of aliphatic hydroxyl groups is 2. The predicted octanol–water partition coefficient (Wildman–Crippen LogP) is 1.04. The summed E-state index contributed by atoms with van der Waals surface area (Å²) in [4.78, 5) is 14.1. The lowest BCUT2D eigenvalue weighted by atomic mass is 9.93. The first-order valence-corrected chi connectivity index (χ1v) is 7.34. The zero-order chi connectivity index (χ0) is 15.6. The van der Waals surface area contributed by atoms with E-state index in [1.807, 2.05) is 18.2 Å². The molecular formula is C16H19N3O3. The summed E-state index contributed by atoms with van der Waals surface area (Å²) in [5.74, 6) is -0.122. The highest BCUT2D eigenvalue weighted by Crippen LogP contribution is 2.23. The molecule has 2 heterocycles. The number of piperidine rings is 1. The third-order valence-electron chi connectivity index (χ3n) is 4.08. The van der Waals surface area contributed by atoms with Gasteiger partial charge in [0.1, 0.15) is 5.60 Å². The van der Waals surface area contributed by atoms with E-state index in [0.717, 1.165) is 11.3 Å². The molecule has 1 aromatic carbocycles. The molecule has 6 heteroatoms. The van der Waals surface area contributed by atoms with E-state index in [1.165, 1.54) is 0 Å². The fraction of sp³-hybridized carbons (Fsp3) is 0.375. The van der Waals surface area contributed by atoms with Crippen molar-refractivity contribution in [2.45, 2.75) is 18.4 Å². The molecule has 0 radical (unpaired) electrons. The molecule has 1 aliphatic rings. The zero-order valence-electron chi connectivity index (χ0n) is 12.2. The summed E-state index contributed by atoms with van der Waals surface area (Å²) < 4.78 is 0. The van der Waals surface area contributed by atoms with Crippen LogP contribution in [0.5, 0.6) is 0 Å². The van der Waals surface area contributed by atoms with Crippen molar-refractivity contribution < 1.29 is 15.0 Å². The van der Waals surface area contributed by atoms with Crippen LogP contribution in [0.25, 0.3) is 11.3 Å². The number of aromatic nitrogens is 2. The molecule has 1 aromatic heterocycles. The van der Waals surface area contributed by atoms with E-state index in [0.29, 0.717) is 24.9 Å². The molecule has 0 aliphatic carbocycles. The number of carbonyl (C=O) groups excluding carboxylic acids is 1. The van der Waals surface area contributed by atoms with E-state index in [9.17, 15) is 15.0 Å². The standard InChI is InChI=1S/C16H19N3O3/c20-11-16(22)7-1-9-19(10-16)15(21)13-4-2-12(3-5-13)14-6-8-17-18-14/h2-6,8,20,22H,1,7,9-11H2,(H,17,18)/t16-/m1/s1. The van der Waals surface area contributed by atoms with Crippen LogP contribution in [0.15, 0.2) is 36.5 Å². The molecule has 22 heavy (non-hydrogen) atoms. The van der Waals surface area contributed by atoms with Crippen molar-refractivity contribution in [1.82, 2.24) is 15.1 Å². The van der Waals surface area contributed by atoms with Gasteiger partial charge in [0.2, 0.25) is 0 Å². The molecule has 116 valence electrons. The number of H-pyrrole nitrogens is 1. The first kappa shape index (κ1) is 14.7. The van der Waals surface area contributed by atoms with Crippen LogP contribution < -0.4 is 0 Å². The minimum atomic E-state index is -1.18. The maximum atomic E-state index is 12.5. The van der Waals surface area contributed by atoms with E-state index in [2.05, 4.69) is 10.2 Å². The Labute approximate surface area is 128 Å². The Morgan fingerprint density at radius 1 is 1.32 bits per heavy atom. The van der Waals surface area contributed by atoms with Gasteiger partial charge in [-0.2, -0.15) is 5.10 Å². The second-order valence-electron chi connectivity index (χ2n) is 5.76. The number of rotatable bonds is 3. The molecule has 1 aliphatic heterocycles. The summed E-state index contributed by atoms with van der Waals surface area (Å²) in [5.41, 5.74) is 1.25. The van der Waals surface area contributed by atoms with Crippen molar-refractivity contribution in [2.24, 2.45) is 0 Å². The second kappa shape index (κ2) is 5.90. The monoisotopic (exact) mass is 301 g/mol. The van der Waals surface area contributed by atoms with E-state index >= 15 is 0 Å². The van der Waals surface area contributed by atoms with Crippen LogP contribution in [0.3, 0.4) is 0 Å². The number of likely N-dealkylation sites (tertiary alicyclic amines) is 1. The van der Waals surface area contributed by atoms with Gasteiger partial charge in [-0.3, -0.25) is 9.89 Å². The van der Waals surface area contributed by atoms with E-state index in [4.69, 9.17) is 0 Å². The highest BCUT2D eigenvalue weighted by atomic mass is 16.3. The number of benzene rings is 1. The number of amides is 1. The number of nitrogens with one attached hydrogen (secondary N) is 1. The molecule has 0 saturated carbocycles. The van der Waals surface area contributed by atoms with Gasteiger partial charge in [-0.05, 0) is 36.6 Å². The van der Waals surface area contributed by atoms with E-state index in [-0.39, 0.29) is 19.1 Å². The first-order chi connectivity index (χ1) is 10.6. The number of hydrogen-bond acceptors (Lipinski definition) is 4. The van der Waals surface area contributed by atoms with Crippen molar-refractivity contribution in [3.63, 3.8) is 0 Å². The average molecular weight is 301 g/mol. The van der Waals surface area contributed by atoms with Crippen molar-refractivity contribution in [3.05, 3.63) is 42.1 Å². The molecule has 3 rings (SSSR count). The first-order valence-electron chi connectivity index (χ1n) is 7.34. The van der Waals surface area contributed by atoms with Gasteiger partial charge in [0.25, 0.3) is 5.91 Å². The third-order valence-corrected chi connectivity index (χ3v) is 4.08. The molecular weight excluding hydrogens is 282 g/mol. The van der Waals surface area contributed by atoms with Crippen LogP contribution in [-0.2, 0) is 0 Å². The van der Waals surface area contributed by atoms with Gasteiger partial charge >= 0.3 is 0 Å². The van der Waals surface area contributed by atoms with Crippen LogP contribution in [0.4, 0.5) is 0 Å². The Morgan fingerprint density at radius 3 is 2.73 bits per heavy atom. The molecule has 0 unspecified atom stereocenters. The molecule has 0 spiro atoms. The Kier molecular flexibility index (Phi) is 3.96. The Balaban J connectivity index is 1.75. The predicted molar refractivity (Wildman–Crippen MR) is 81.2 cm³/mol. The maximum absolute atomic E-state index is 12.5. The number of aromatic amines is 1. The maximum Gasteiger partial charge on any atom is 0.253 e. The van der Waals surface area contributed by atoms with Crippen LogP contribution in [0.2, 0.25) is 0 Å². The normalized spacial score (nSPS) is 21.8. The lowest BCUT2D eigenvalue weighted by Gasteiger charge is -2.38. The highest BCUT2D eigenvalue weighted by Gasteiger charge is 2.34. The lowest BCUT2D eigenvalue weighted by Crippen LogP contribution is -2.52. The van der Waals surface area contributed by atoms with Crippen LogP contribution >= 0.6 is 0 Å². The molecule has 1 saturated heterocycles. The fourth-order valence-electron chi connectivity index (χ4n) is 2.81. The largest absolute Gasteiger partial charge is 0.393 e. The fourth-order valence-corrected chi connectivity index (χ4v) is 2.81. The van der Waals surface area contributed by atoms with E-state index < -0.39 is 5.60 Å². The molecule has 1 amide bonds. The van der Waals surface area contributed by atoms with Crippen molar-refractivity contribution in [2.75, 3.05) is 19.7 Å². The molecule has 6 nitrogen and oxygen atoms in total. The van der Waals surface area contributed by atoms with Crippen LogP contribution in [0, 0.1) is 0 Å². The van der Waals surface area contributed by atoms with Crippen molar-refractivity contribution in [3.8, 4) is 11.3 Å². The van der Waals surface area contributed by atoms with Gasteiger partial charge in [0, 0.05) is 18.3 Å². The Morgan fingerprint density at radius 2 is 2.09 bits per heavy atom. The van der Waals surface area contributed by atoms with Gasteiger partial charge in [-0.15, -0.1) is 0 Å². The lowest BCUT2D eigenvalue weighted by molar-refractivity contribution is -0.0598. The minimum Gasteiger partial charge on any atom is -0.393 e. The summed E-state index contributed by atoms with van der Waals surface area (Å²) in [6, 6.07) is 9.13. The van der Waals surface area contributed by atoms with Gasteiger partial charge in [-0.25, -0.2) is 0 Å². The minimum absolute atomic E-state index is 0.122. The summed E-state index contributed by atoms with van der Waals surface area (Å²) in [7, 11) is 0. The van der Waals surface area contributed by atoms with Crippen LogP contribution in [-0.4, -0.2) is 56.5 Å². The van der Waals surface area contributed by atoms with Crippen LogP contribution in [0.1, 0.15) is 23.2 Å². The summed E-state index contributed by atoms with van der Waals surface area (Å²) in [6.45, 7) is 0.448. The Bertz CT molecular complexity index is 639. The van der Waals surface area contributed by atoms with Crippen molar-refractivity contribution in [1.29, 1.82) is 0 Å². The summed E-state index contributed by atoms with van der Waals surface area (Å²) in [6.07, 6.45) is 2.89. The zero-order valence-corrected chi connectivity index (χ0v) is 12.2. The molecule has 2 aromatic rings. The molecule has 0 bridgehead atoms. The second-order valence-corrected chi connectivity index (χ2v) is 5.76. The number of nitrogens with zero attached hydrogens (tertiary/aromatic N) is 2. The highest BCUT2D eigenvalue weighted by molar-refractivity contribution is 5.94. The molecule has 1 atom stereocenters. The molecule has 3 N–H and O–H groups in total. The molecule has 1 fully saturated rings.